The molecule has 5 aromatic rings. The molecule has 0 bridgehead atoms. The average Bonchev–Trinajstić information content (AvgIpc) is 3.49. The fraction of sp³-hybridized carbons (Fsp3) is 0.0455. The number of hydrogen-bond acceptors (Lipinski definition) is 8. The van der Waals surface area contributed by atoms with Crippen molar-refractivity contribution in [3.63, 3.8) is 0 Å². The number of hydrogen-bond donors (Lipinski definition) is 1. The number of aromatic nitrogens is 3. The molecule has 2 aromatic carbocycles. The van der Waals surface area contributed by atoms with Gasteiger partial charge in [0.25, 0.3) is 10.0 Å². The SMILES string of the molecule is CN(c1nccs1)S(=O)(=O)c1ccc(Nc2nccc(-c3cc4ccccc4s3)n2)cc1. The number of nitrogens with one attached hydrogen (secondary N) is 1. The summed E-state index contributed by atoms with van der Waals surface area (Å²) in [5.74, 6) is 0.440. The van der Waals surface area contributed by atoms with Gasteiger partial charge in [-0.15, -0.1) is 22.7 Å². The van der Waals surface area contributed by atoms with Gasteiger partial charge in [0.15, 0.2) is 5.13 Å². The van der Waals surface area contributed by atoms with E-state index in [2.05, 4.69) is 38.5 Å². The maximum atomic E-state index is 12.8. The molecule has 0 saturated carbocycles. The van der Waals surface area contributed by atoms with Gasteiger partial charge in [0.2, 0.25) is 5.95 Å². The van der Waals surface area contributed by atoms with Crippen LogP contribution in [0.15, 0.2) is 83.3 Å². The van der Waals surface area contributed by atoms with Gasteiger partial charge in [-0.1, -0.05) is 18.2 Å². The largest absolute Gasteiger partial charge is 0.324 e. The minimum atomic E-state index is -3.68. The lowest BCUT2D eigenvalue weighted by atomic mass is 10.2. The fourth-order valence-electron chi connectivity index (χ4n) is 3.14. The van der Waals surface area contributed by atoms with E-state index in [1.165, 1.54) is 32.8 Å². The lowest BCUT2D eigenvalue weighted by Gasteiger charge is -2.16. The van der Waals surface area contributed by atoms with Crippen LogP contribution in [0.25, 0.3) is 20.7 Å². The number of thiazole rings is 1. The minimum Gasteiger partial charge on any atom is -0.324 e. The zero-order valence-electron chi connectivity index (χ0n) is 16.8. The zero-order valence-corrected chi connectivity index (χ0v) is 19.3. The molecule has 0 fully saturated rings. The van der Waals surface area contributed by atoms with Crippen LogP contribution >= 0.6 is 22.7 Å². The number of rotatable bonds is 6. The molecule has 0 aliphatic carbocycles. The molecule has 0 spiro atoms. The summed E-state index contributed by atoms with van der Waals surface area (Å²) in [6.07, 6.45) is 3.28. The van der Waals surface area contributed by atoms with E-state index in [9.17, 15) is 8.42 Å². The molecule has 3 aromatic heterocycles. The first-order chi connectivity index (χ1) is 15.5. The first-order valence-electron chi connectivity index (χ1n) is 9.58. The van der Waals surface area contributed by atoms with E-state index in [4.69, 9.17) is 0 Å². The standard InChI is InChI=1S/C22H17N5O2S3/c1-27(22-24-12-13-30-22)32(28,29)17-8-6-16(7-9-17)25-21-23-11-10-18(26-21)20-14-15-4-2-3-5-19(15)31-20/h2-14H,1H3,(H,23,25,26). The van der Waals surface area contributed by atoms with Gasteiger partial charge >= 0.3 is 0 Å². The Hall–Kier alpha value is -3.34. The van der Waals surface area contributed by atoms with Gasteiger partial charge in [0.05, 0.1) is 15.5 Å². The van der Waals surface area contributed by atoms with Crippen molar-refractivity contribution in [3.8, 4) is 10.6 Å². The minimum absolute atomic E-state index is 0.181. The van der Waals surface area contributed by atoms with Gasteiger partial charge in [-0.05, 0) is 47.9 Å². The van der Waals surface area contributed by atoms with Gasteiger partial charge in [0, 0.05) is 35.2 Å². The van der Waals surface area contributed by atoms with E-state index < -0.39 is 10.0 Å². The van der Waals surface area contributed by atoms with E-state index >= 15 is 0 Å². The van der Waals surface area contributed by atoms with Crippen molar-refractivity contribution in [2.45, 2.75) is 4.90 Å². The van der Waals surface area contributed by atoms with Crippen LogP contribution in [-0.2, 0) is 10.0 Å². The van der Waals surface area contributed by atoms with Crippen LogP contribution in [0.4, 0.5) is 16.8 Å². The summed E-state index contributed by atoms with van der Waals surface area (Å²) in [7, 11) is -2.19. The smallest absolute Gasteiger partial charge is 0.265 e. The highest BCUT2D eigenvalue weighted by Gasteiger charge is 2.22. The molecule has 0 amide bonds. The Labute approximate surface area is 193 Å². The molecule has 7 nitrogen and oxygen atoms in total. The predicted molar refractivity (Wildman–Crippen MR) is 130 cm³/mol. The predicted octanol–water partition coefficient (Wildman–Crippen LogP) is 5.38. The van der Waals surface area contributed by atoms with Crippen molar-refractivity contribution in [1.29, 1.82) is 0 Å². The Morgan fingerprint density at radius 2 is 1.78 bits per heavy atom. The Bertz CT molecular complexity index is 1450. The normalized spacial score (nSPS) is 11.5. The molecule has 0 aliphatic rings. The summed E-state index contributed by atoms with van der Waals surface area (Å²) in [6, 6.07) is 18.7. The molecule has 160 valence electrons. The molecule has 0 radical (unpaired) electrons. The van der Waals surface area contributed by atoms with Crippen molar-refractivity contribution in [2.75, 3.05) is 16.7 Å². The third kappa shape index (κ3) is 3.95. The molecule has 32 heavy (non-hydrogen) atoms. The van der Waals surface area contributed by atoms with Crippen LogP contribution in [0.2, 0.25) is 0 Å². The van der Waals surface area contributed by atoms with Gasteiger partial charge in [-0.3, -0.25) is 0 Å². The summed E-state index contributed by atoms with van der Waals surface area (Å²) in [4.78, 5) is 14.2. The van der Waals surface area contributed by atoms with Crippen LogP contribution in [0.5, 0.6) is 0 Å². The second kappa shape index (κ2) is 8.30. The second-order valence-corrected chi connectivity index (χ2v) is 10.8. The van der Waals surface area contributed by atoms with Crippen LogP contribution in [0.1, 0.15) is 0 Å². The molecule has 0 unspecified atom stereocenters. The van der Waals surface area contributed by atoms with Crippen molar-refractivity contribution >= 4 is 59.6 Å². The van der Waals surface area contributed by atoms with Crippen molar-refractivity contribution in [3.05, 3.63) is 78.4 Å². The molecular formula is C22H17N5O2S3. The van der Waals surface area contributed by atoms with Gasteiger partial charge in [-0.2, -0.15) is 0 Å². The van der Waals surface area contributed by atoms with E-state index in [1.54, 1.807) is 53.4 Å². The van der Waals surface area contributed by atoms with Crippen LogP contribution < -0.4 is 9.62 Å². The van der Waals surface area contributed by atoms with E-state index in [1.807, 2.05) is 18.2 Å². The number of sulfonamides is 1. The first kappa shape index (κ1) is 20.6. The quantitative estimate of drug-likeness (QED) is 0.352. The van der Waals surface area contributed by atoms with Crippen LogP contribution in [0, 0.1) is 0 Å². The molecule has 0 atom stereocenters. The first-order valence-corrected chi connectivity index (χ1v) is 12.7. The number of benzene rings is 2. The highest BCUT2D eigenvalue weighted by molar-refractivity contribution is 7.93. The van der Waals surface area contributed by atoms with Crippen LogP contribution in [-0.4, -0.2) is 30.4 Å². The fourth-order valence-corrected chi connectivity index (χ4v) is 6.15. The Morgan fingerprint density at radius 3 is 2.53 bits per heavy atom. The van der Waals surface area contributed by atoms with Gasteiger partial charge in [-0.25, -0.2) is 27.7 Å². The van der Waals surface area contributed by atoms with E-state index in [-0.39, 0.29) is 4.90 Å². The van der Waals surface area contributed by atoms with Crippen molar-refractivity contribution in [1.82, 2.24) is 15.0 Å². The van der Waals surface area contributed by atoms with Crippen molar-refractivity contribution in [2.24, 2.45) is 0 Å². The summed E-state index contributed by atoms with van der Waals surface area (Å²) in [5, 5.41) is 6.48. The summed E-state index contributed by atoms with van der Waals surface area (Å²) in [6.45, 7) is 0. The maximum Gasteiger partial charge on any atom is 0.265 e. The zero-order chi connectivity index (χ0) is 22.1. The lowest BCUT2D eigenvalue weighted by Crippen LogP contribution is -2.26. The maximum absolute atomic E-state index is 12.8. The van der Waals surface area contributed by atoms with Gasteiger partial charge in [0.1, 0.15) is 0 Å². The second-order valence-electron chi connectivity index (χ2n) is 6.85. The van der Waals surface area contributed by atoms with E-state index in [0.29, 0.717) is 16.8 Å². The third-order valence-corrected chi connectivity index (χ3v) is 8.66. The molecule has 0 aliphatic heterocycles. The molecule has 10 heteroatoms. The molecule has 5 rings (SSSR count). The Kier molecular flexibility index (Phi) is 5.33. The third-order valence-electron chi connectivity index (χ3n) is 4.79. The number of thiophene rings is 1. The number of fused-ring (bicyclic) bond motifs is 1. The molecule has 3 heterocycles. The highest BCUT2D eigenvalue weighted by Crippen LogP contribution is 2.32. The van der Waals surface area contributed by atoms with Crippen LogP contribution in [0.3, 0.4) is 0 Å². The lowest BCUT2D eigenvalue weighted by molar-refractivity contribution is 0.594. The Balaban J connectivity index is 1.36. The van der Waals surface area contributed by atoms with Crippen molar-refractivity contribution < 1.29 is 8.42 Å². The topological polar surface area (TPSA) is 88.1 Å². The summed E-state index contributed by atoms with van der Waals surface area (Å²) in [5.41, 5.74) is 1.52. The highest BCUT2D eigenvalue weighted by atomic mass is 32.2. The number of anilines is 3. The summed E-state index contributed by atoms with van der Waals surface area (Å²) < 4.78 is 28.0. The molecule has 1 N–H and O–H groups in total. The molecule has 0 saturated heterocycles. The molecular weight excluding hydrogens is 462 g/mol. The van der Waals surface area contributed by atoms with Gasteiger partial charge < -0.3 is 5.32 Å². The van der Waals surface area contributed by atoms with E-state index in [0.717, 1.165) is 10.6 Å². The monoisotopic (exact) mass is 479 g/mol. The number of nitrogens with zero attached hydrogens (tertiary/aromatic N) is 4. The Morgan fingerprint density at radius 1 is 0.969 bits per heavy atom. The summed E-state index contributed by atoms with van der Waals surface area (Å²) >= 11 is 2.94. The average molecular weight is 480 g/mol.